The SMILES string of the molecule is COc1ccc2nnc(CC(=O)O)n2n1. The highest BCUT2D eigenvalue weighted by Gasteiger charge is 2.10. The van der Waals surface area contributed by atoms with Crippen LogP contribution in [-0.4, -0.2) is 38.0 Å². The minimum Gasteiger partial charge on any atom is -0.481 e. The average molecular weight is 208 g/mol. The van der Waals surface area contributed by atoms with Crippen molar-refractivity contribution in [2.24, 2.45) is 0 Å². The lowest BCUT2D eigenvalue weighted by atomic mass is 10.4. The van der Waals surface area contributed by atoms with Crippen LogP contribution in [0.15, 0.2) is 12.1 Å². The molecule has 0 unspecified atom stereocenters. The Morgan fingerprint density at radius 2 is 2.33 bits per heavy atom. The molecule has 1 N–H and O–H groups in total. The van der Waals surface area contributed by atoms with Crippen molar-refractivity contribution >= 4 is 11.6 Å². The standard InChI is InChI=1S/C8H8N4O3/c1-15-7-3-2-5-9-10-6(4-8(13)14)12(5)11-7/h2-3H,4H2,1H3,(H,13,14). The number of ether oxygens (including phenoxy) is 1. The highest BCUT2D eigenvalue weighted by molar-refractivity contribution is 5.69. The number of aromatic nitrogens is 4. The van der Waals surface area contributed by atoms with E-state index in [1.54, 1.807) is 12.1 Å². The molecule has 0 aromatic carbocycles. The van der Waals surface area contributed by atoms with Gasteiger partial charge in [-0.15, -0.1) is 15.3 Å². The largest absolute Gasteiger partial charge is 0.481 e. The summed E-state index contributed by atoms with van der Waals surface area (Å²) in [5.41, 5.74) is 0.493. The molecule has 0 saturated heterocycles. The molecule has 15 heavy (non-hydrogen) atoms. The smallest absolute Gasteiger partial charge is 0.311 e. The number of methoxy groups -OCH3 is 1. The summed E-state index contributed by atoms with van der Waals surface area (Å²) in [5, 5.41) is 20.1. The van der Waals surface area contributed by atoms with Crippen LogP contribution in [0, 0.1) is 0 Å². The predicted molar refractivity (Wildman–Crippen MR) is 48.7 cm³/mol. The molecule has 78 valence electrons. The van der Waals surface area contributed by atoms with Gasteiger partial charge in [-0.2, -0.15) is 4.52 Å². The molecule has 0 aliphatic carbocycles. The van der Waals surface area contributed by atoms with Gasteiger partial charge in [0, 0.05) is 6.07 Å². The number of nitrogens with zero attached hydrogens (tertiary/aromatic N) is 4. The van der Waals surface area contributed by atoms with Gasteiger partial charge in [0.25, 0.3) is 0 Å². The third-order valence-corrected chi connectivity index (χ3v) is 1.82. The van der Waals surface area contributed by atoms with Crippen LogP contribution in [0.2, 0.25) is 0 Å². The van der Waals surface area contributed by atoms with E-state index in [4.69, 9.17) is 9.84 Å². The fraction of sp³-hybridized carbons (Fsp3) is 0.250. The van der Waals surface area contributed by atoms with Gasteiger partial charge in [0.15, 0.2) is 11.5 Å². The summed E-state index contributed by atoms with van der Waals surface area (Å²) in [7, 11) is 1.48. The molecule has 0 atom stereocenters. The van der Waals surface area contributed by atoms with Crippen molar-refractivity contribution in [1.29, 1.82) is 0 Å². The van der Waals surface area contributed by atoms with Crippen molar-refractivity contribution in [2.75, 3.05) is 7.11 Å². The van der Waals surface area contributed by atoms with E-state index < -0.39 is 5.97 Å². The first kappa shape index (κ1) is 9.38. The number of carboxylic acid groups (broad SMARTS) is 1. The average Bonchev–Trinajstić information content (AvgIpc) is 2.60. The number of hydrogen-bond donors (Lipinski definition) is 1. The fourth-order valence-electron chi connectivity index (χ4n) is 1.17. The van der Waals surface area contributed by atoms with Gasteiger partial charge >= 0.3 is 5.97 Å². The van der Waals surface area contributed by atoms with Crippen molar-refractivity contribution in [1.82, 2.24) is 19.8 Å². The number of fused-ring (bicyclic) bond motifs is 1. The first-order valence-electron chi connectivity index (χ1n) is 4.18. The normalized spacial score (nSPS) is 10.5. The Morgan fingerprint density at radius 1 is 1.53 bits per heavy atom. The van der Waals surface area contributed by atoms with Crippen molar-refractivity contribution < 1.29 is 14.6 Å². The summed E-state index contributed by atoms with van der Waals surface area (Å²) >= 11 is 0. The molecule has 0 aliphatic rings. The van der Waals surface area contributed by atoms with Crippen LogP contribution in [0.4, 0.5) is 0 Å². The summed E-state index contributed by atoms with van der Waals surface area (Å²) in [5.74, 6) is -0.320. The van der Waals surface area contributed by atoms with Crippen LogP contribution in [-0.2, 0) is 11.2 Å². The van der Waals surface area contributed by atoms with Crippen LogP contribution in [0.25, 0.3) is 5.65 Å². The summed E-state index contributed by atoms with van der Waals surface area (Å²) in [4.78, 5) is 10.5. The second kappa shape index (κ2) is 3.52. The zero-order chi connectivity index (χ0) is 10.8. The molecular formula is C8H8N4O3. The van der Waals surface area contributed by atoms with Crippen LogP contribution < -0.4 is 4.74 Å². The van der Waals surface area contributed by atoms with E-state index in [-0.39, 0.29) is 12.2 Å². The van der Waals surface area contributed by atoms with Crippen LogP contribution in [0.1, 0.15) is 5.82 Å². The molecule has 0 saturated carbocycles. The van der Waals surface area contributed by atoms with Gasteiger partial charge in [0.2, 0.25) is 5.88 Å². The molecule has 0 amide bonds. The van der Waals surface area contributed by atoms with Crippen LogP contribution in [0.5, 0.6) is 5.88 Å². The van der Waals surface area contributed by atoms with Gasteiger partial charge in [0.05, 0.1) is 7.11 Å². The fourth-order valence-corrected chi connectivity index (χ4v) is 1.17. The van der Waals surface area contributed by atoms with E-state index in [1.165, 1.54) is 11.6 Å². The molecule has 0 fully saturated rings. The minimum absolute atomic E-state index is 0.221. The van der Waals surface area contributed by atoms with Crippen molar-refractivity contribution in [2.45, 2.75) is 6.42 Å². The monoisotopic (exact) mass is 208 g/mol. The van der Waals surface area contributed by atoms with E-state index in [1.807, 2.05) is 0 Å². The number of aliphatic carboxylic acids is 1. The Hall–Kier alpha value is -2.18. The van der Waals surface area contributed by atoms with Gasteiger partial charge in [-0.25, -0.2) is 0 Å². The van der Waals surface area contributed by atoms with Gasteiger partial charge in [-0.1, -0.05) is 0 Å². The first-order chi connectivity index (χ1) is 7.20. The quantitative estimate of drug-likeness (QED) is 0.748. The molecule has 0 radical (unpaired) electrons. The highest BCUT2D eigenvalue weighted by Crippen LogP contribution is 2.08. The number of carbonyl (C=O) groups is 1. The molecule has 2 aromatic rings. The summed E-state index contributed by atoms with van der Waals surface area (Å²) in [6, 6.07) is 3.29. The lowest BCUT2D eigenvalue weighted by Crippen LogP contribution is -2.07. The topological polar surface area (TPSA) is 89.6 Å². The molecule has 7 heteroatoms. The number of hydrogen-bond acceptors (Lipinski definition) is 5. The Labute approximate surface area is 84.3 Å². The van der Waals surface area contributed by atoms with Gasteiger partial charge in [-0.05, 0) is 6.07 Å². The third-order valence-electron chi connectivity index (χ3n) is 1.82. The van der Waals surface area contributed by atoms with Crippen molar-refractivity contribution in [3.63, 3.8) is 0 Å². The first-order valence-corrected chi connectivity index (χ1v) is 4.18. The molecule has 2 aromatic heterocycles. The second-order valence-corrected chi connectivity index (χ2v) is 2.83. The zero-order valence-corrected chi connectivity index (χ0v) is 7.91. The Morgan fingerprint density at radius 3 is 3.00 bits per heavy atom. The van der Waals surface area contributed by atoms with Gasteiger partial charge in [-0.3, -0.25) is 4.79 Å². The molecule has 7 nitrogen and oxygen atoms in total. The van der Waals surface area contributed by atoms with E-state index in [0.29, 0.717) is 11.5 Å². The highest BCUT2D eigenvalue weighted by atomic mass is 16.5. The molecule has 0 spiro atoms. The van der Waals surface area contributed by atoms with Gasteiger partial charge < -0.3 is 9.84 Å². The van der Waals surface area contributed by atoms with E-state index in [9.17, 15) is 4.79 Å². The Balaban J connectivity index is 2.51. The van der Waals surface area contributed by atoms with E-state index in [0.717, 1.165) is 0 Å². The van der Waals surface area contributed by atoms with Gasteiger partial charge in [0.1, 0.15) is 6.42 Å². The summed E-state index contributed by atoms with van der Waals surface area (Å²) in [6.07, 6.45) is -0.221. The Bertz CT molecular complexity index is 508. The molecule has 2 heterocycles. The van der Waals surface area contributed by atoms with Crippen LogP contribution in [0.3, 0.4) is 0 Å². The zero-order valence-electron chi connectivity index (χ0n) is 7.91. The second-order valence-electron chi connectivity index (χ2n) is 2.83. The summed E-state index contributed by atoms with van der Waals surface area (Å²) < 4.78 is 6.27. The number of rotatable bonds is 3. The maximum Gasteiger partial charge on any atom is 0.311 e. The third kappa shape index (κ3) is 1.71. The Kier molecular flexibility index (Phi) is 2.20. The van der Waals surface area contributed by atoms with Crippen molar-refractivity contribution in [3.8, 4) is 5.88 Å². The maximum atomic E-state index is 10.5. The number of carboxylic acids is 1. The summed E-state index contributed by atoms with van der Waals surface area (Å²) in [6.45, 7) is 0. The molecule has 0 bridgehead atoms. The van der Waals surface area contributed by atoms with Crippen LogP contribution >= 0.6 is 0 Å². The lowest BCUT2D eigenvalue weighted by Gasteiger charge is -1.99. The van der Waals surface area contributed by atoms with E-state index >= 15 is 0 Å². The van der Waals surface area contributed by atoms with E-state index in [2.05, 4.69) is 15.3 Å². The maximum absolute atomic E-state index is 10.5. The molecular weight excluding hydrogens is 200 g/mol. The minimum atomic E-state index is -0.978. The lowest BCUT2D eigenvalue weighted by molar-refractivity contribution is -0.136. The molecule has 0 aliphatic heterocycles. The molecule has 2 rings (SSSR count). The predicted octanol–water partition coefficient (Wildman–Crippen LogP) is -0.240. The van der Waals surface area contributed by atoms with Crippen molar-refractivity contribution in [3.05, 3.63) is 18.0 Å².